The maximum Gasteiger partial charge on any atom is 0.255 e. The Kier molecular flexibility index (Phi) is 5.86. The van der Waals surface area contributed by atoms with Gasteiger partial charge in [0, 0.05) is 18.7 Å². The standard InChI is InChI=1S/C17H18F2N2O3S/c1-3-21(4-2)25(23,24)16-11-12(9-10-14(16)19)17(22)20-15-8-6-5-7-13(15)18/h5-11H,3-4H2,1-2H3,(H,20,22). The van der Waals surface area contributed by atoms with Crippen LogP contribution in [0, 0.1) is 11.6 Å². The molecule has 1 N–H and O–H groups in total. The van der Waals surface area contributed by atoms with Crippen LogP contribution in [0.25, 0.3) is 0 Å². The number of hydrogen-bond donors (Lipinski definition) is 1. The summed E-state index contributed by atoms with van der Waals surface area (Å²) in [5, 5.41) is 2.34. The number of para-hydroxylation sites is 1. The molecule has 0 unspecified atom stereocenters. The van der Waals surface area contributed by atoms with Gasteiger partial charge in [0.05, 0.1) is 5.69 Å². The van der Waals surface area contributed by atoms with Crippen LogP contribution in [0.2, 0.25) is 0 Å². The summed E-state index contributed by atoms with van der Waals surface area (Å²) in [5.41, 5.74) is -0.139. The summed E-state index contributed by atoms with van der Waals surface area (Å²) < 4.78 is 53.8. The van der Waals surface area contributed by atoms with Crippen LogP contribution in [0.3, 0.4) is 0 Å². The number of anilines is 1. The molecule has 0 fully saturated rings. The second-order valence-corrected chi connectivity index (χ2v) is 7.07. The summed E-state index contributed by atoms with van der Waals surface area (Å²) in [6.07, 6.45) is 0. The zero-order chi connectivity index (χ0) is 18.6. The Labute approximate surface area is 145 Å². The highest BCUT2D eigenvalue weighted by molar-refractivity contribution is 7.89. The number of carbonyl (C=O) groups excluding carboxylic acids is 1. The van der Waals surface area contributed by atoms with Crippen molar-refractivity contribution in [2.24, 2.45) is 0 Å². The van der Waals surface area contributed by atoms with E-state index >= 15 is 0 Å². The molecule has 0 atom stereocenters. The summed E-state index contributed by atoms with van der Waals surface area (Å²) in [4.78, 5) is 11.7. The summed E-state index contributed by atoms with van der Waals surface area (Å²) in [6.45, 7) is 3.61. The third-order valence-electron chi connectivity index (χ3n) is 3.64. The molecule has 0 heterocycles. The van der Waals surface area contributed by atoms with Crippen LogP contribution in [0.1, 0.15) is 24.2 Å². The molecular formula is C17H18F2N2O3S. The molecule has 0 spiro atoms. The Morgan fingerprint density at radius 2 is 1.68 bits per heavy atom. The van der Waals surface area contributed by atoms with Crippen LogP contribution in [0.4, 0.5) is 14.5 Å². The van der Waals surface area contributed by atoms with E-state index in [1.54, 1.807) is 19.9 Å². The topological polar surface area (TPSA) is 66.5 Å². The van der Waals surface area contributed by atoms with E-state index in [9.17, 15) is 22.0 Å². The molecule has 25 heavy (non-hydrogen) atoms. The van der Waals surface area contributed by atoms with Gasteiger partial charge >= 0.3 is 0 Å². The molecule has 0 aliphatic rings. The first kappa shape index (κ1) is 19.0. The molecule has 0 aliphatic heterocycles. The molecule has 134 valence electrons. The van der Waals surface area contributed by atoms with E-state index in [2.05, 4.69) is 5.32 Å². The van der Waals surface area contributed by atoms with Gasteiger partial charge < -0.3 is 5.32 Å². The number of sulfonamides is 1. The highest BCUT2D eigenvalue weighted by Gasteiger charge is 2.26. The lowest BCUT2D eigenvalue weighted by atomic mass is 10.2. The van der Waals surface area contributed by atoms with Gasteiger partial charge in [-0.05, 0) is 30.3 Å². The van der Waals surface area contributed by atoms with Crippen molar-refractivity contribution in [2.75, 3.05) is 18.4 Å². The van der Waals surface area contributed by atoms with E-state index < -0.39 is 32.5 Å². The maximum atomic E-state index is 14.1. The highest BCUT2D eigenvalue weighted by atomic mass is 32.2. The molecule has 0 aromatic heterocycles. The van der Waals surface area contributed by atoms with Crippen LogP contribution < -0.4 is 5.32 Å². The number of nitrogens with zero attached hydrogens (tertiary/aromatic N) is 1. The molecular weight excluding hydrogens is 350 g/mol. The zero-order valence-electron chi connectivity index (χ0n) is 13.8. The van der Waals surface area contributed by atoms with Crippen LogP contribution in [-0.4, -0.2) is 31.7 Å². The van der Waals surface area contributed by atoms with Crippen molar-refractivity contribution in [2.45, 2.75) is 18.7 Å². The Morgan fingerprint density at radius 3 is 2.28 bits per heavy atom. The summed E-state index contributed by atoms with van der Waals surface area (Å²) in [5.74, 6) is -2.32. The number of amides is 1. The fourth-order valence-corrected chi connectivity index (χ4v) is 3.85. The molecule has 5 nitrogen and oxygen atoms in total. The van der Waals surface area contributed by atoms with Crippen molar-refractivity contribution in [3.63, 3.8) is 0 Å². The molecule has 2 aromatic carbocycles. The average molecular weight is 368 g/mol. The number of carbonyl (C=O) groups is 1. The maximum absolute atomic E-state index is 14.1. The minimum Gasteiger partial charge on any atom is -0.319 e. The summed E-state index contributed by atoms with van der Waals surface area (Å²) >= 11 is 0. The molecule has 8 heteroatoms. The predicted molar refractivity (Wildman–Crippen MR) is 90.9 cm³/mol. The number of rotatable bonds is 6. The molecule has 1 amide bonds. The molecule has 0 saturated heterocycles. The largest absolute Gasteiger partial charge is 0.319 e. The Bertz CT molecular complexity index is 881. The number of benzene rings is 2. The number of halogens is 2. The second-order valence-electron chi connectivity index (χ2n) is 5.17. The van der Waals surface area contributed by atoms with Crippen molar-refractivity contribution in [3.05, 3.63) is 59.7 Å². The van der Waals surface area contributed by atoms with E-state index in [0.29, 0.717) is 0 Å². The van der Waals surface area contributed by atoms with E-state index in [1.807, 2.05) is 0 Å². The second kappa shape index (κ2) is 7.71. The zero-order valence-corrected chi connectivity index (χ0v) is 14.6. The monoisotopic (exact) mass is 368 g/mol. The Hall–Kier alpha value is -2.32. The smallest absolute Gasteiger partial charge is 0.255 e. The first-order chi connectivity index (χ1) is 11.8. The SMILES string of the molecule is CCN(CC)S(=O)(=O)c1cc(C(=O)Nc2ccccc2F)ccc1F. The van der Waals surface area contributed by atoms with Gasteiger partial charge in [0.25, 0.3) is 5.91 Å². The van der Waals surface area contributed by atoms with Gasteiger partial charge in [0.2, 0.25) is 10.0 Å². The lowest BCUT2D eigenvalue weighted by molar-refractivity contribution is 0.102. The quantitative estimate of drug-likeness (QED) is 0.851. The Morgan fingerprint density at radius 1 is 1.04 bits per heavy atom. The number of nitrogens with one attached hydrogen (secondary N) is 1. The number of hydrogen-bond acceptors (Lipinski definition) is 3. The molecule has 0 radical (unpaired) electrons. The van der Waals surface area contributed by atoms with E-state index in [1.165, 1.54) is 18.2 Å². The van der Waals surface area contributed by atoms with E-state index in [4.69, 9.17) is 0 Å². The van der Waals surface area contributed by atoms with Gasteiger partial charge in [-0.25, -0.2) is 17.2 Å². The van der Waals surface area contributed by atoms with Crippen LogP contribution >= 0.6 is 0 Å². The normalized spacial score (nSPS) is 11.6. The van der Waals surface area contributed by atoms with Crippen molar-refractivity contribution in [3.8, 4) is 0 Å². The van der Waals surface area contributed by atoms with Gasteiger partial charge in [0.1, 0.15) is 16.5 Å². The van der Waals surface area contributed by atoms with Crippen molar-refractivity contribution in [1.29, 1.82) is 0 Å². The Balaban J connectivity index is 2.39. The van der Waals surface area contributed by atoms with E-state index in [0.717, 1.165) is 22.5 Å². The van der Waals surface area contributed by atoms with Gasteiger partial charge in [0.15, 0.2) is 0 Å². The van der Waals surface area contributed by atoms with Gasteiger partial charge in [-0.2, -0.15) is 4.31 Å². The minimum atomic E-state index is -4.06. The lowest BCUT2D eigenvalue weighted by Crippen LogP contribution is -2.31. The lowest BCUT2D eigenvalue weighted by Gasteiger charge is -2.19. The fraction of sp³-hybridized carbons (Fsp3) is 0.235. The van der Waals surface area contributed by atoms with Crippen LogP contribution in [0.5, 0.6) is 0 Å². The predicted octanol–water partition coefficient (Wildman–Crippen LogP) is 3.25. The van der Waals surface area contributed by atoms with Gasteiger partial charge in [-0.1, -0.05) is 26.0 Å². The molecule has 2 rings (SSSR count). The first-order valence-electron chi connectivity index (χ1n) is 7.66. The summed E-state index contributed by atoms with van der Waals surface area (Å²) in [7, 11) is -4.06. The van der Waals surface area contributed by atoms with E-state index in [-0.39, 0.29) is 24.3 Å². The minimum absolute atomic E-state index is 0.0509. The van der Waals surface area contributed by atoms with Crippen LogP contribution in [0.15, 0.2) is 47.4 Å². The summed E-state index contributed by atoms with van der Waals surface area (Å²) in [6, 6.07) is 8.57. The van der Waals surface area contributed by atoms with Crippen LogP contribution in [-0.2, 0) is 10.0 Å². The molecule has 0 saturated carbocycles. The third-order valence-corrected chi connectivity index (χ3v) is 5.70. The molecule has 2 aromatic rings. The average Bonchev–Trinajstić information content (AvgIpc) is 2.58. The first-order valence-corrected chi connectivity index (χ1v) is 9.10. The third kappa shape index (κ3) is 4.02. The highest BCUT2D eigenvalue weighted by Crippen LogP contribution is 2.22. The fourth-order valence-electron chi connectivity index (χ4n) is 2.30. The van der Waals surface area contributed by atoms with Crippen molar-refractivity contribution >= 4 is 21.6 Å². The van der Waals surface area contributed by atoms with Gasteiger partial charge in [-0.3, -0.25) is 4.79 Å². The van der Waals surface area contributed by atoms with Crippen molar-refractivity contribution in [1.82, 2.24) is 4.31 Å². The van der Waals surface area contributed by atoms with Gasteiger partial charge in [-0.15, -0.1) is 0 Å². The molecule has 0 aliphatic carbocycles. The van der Waals surface area contributed by atoms with Crippen molar-refractivity contribution < 1.29 is 22.0 Å². The molecule has 0 bridgehead atoms.